The van der Waals surface area contributed by atoms with Gasteiger partial charge in [-0.05, 0) is 19.4 Å². The minimum absolute atomic E-state index is 0. The van der Waals surface area contributed by atoms with Crippen molar-refractivity contribution < 1.29 is 9.53 Å². The third kappa shape index (κ3) is 3.95. The number of carbonyl (C=O) groups is 1. The molecule has 5 heteroatoms. The number of ether oxygens (including phenoxy) is 1. The van der Waals surface area contributed by atoms with Crippen LogP contribution in [0.25, 0.3) is 0 Å². The number of nitrogens with two attached hydrogens (primary N) is 1. The van der Waals surface area contributed by atoms with Crippen LogP contribution in [0.3, 0.4) is 0 Å². The molecule has 1 aliphatic heterocycles. The maximum Gasteiger partial charge on any atom is 0.225 e. The number of hydrogen-bond acceptors (Lipinski definition) is 3. The molecule has 2 rings (SSSR count). The maximum atomic E-state index is 12.4. The highest BCUT2D eigenvalue weighted by atomic mass is 35.5. The van der Waals surface area contributed by atoms with Crippen molar-refractivity contribution in [2.45, 2.75) is 38.4 Å². The van der Waals surface area contributed by atoms with E-state index in [-0.39, 0.29) is 36.4 Å². The van der Waals surface area contributed by atoms with Gasteiger partial charge in [-0.15, -0.1) is 12.4 Å². The number of rotatable bonds is 3. The lowest BCUT2D eigenvalue weighted by atomic mass is 10.0. The lowest BCUT2D eigenvalue weighted by Gasteiger charge is -2.39. The Bertz CT molecular complexity index is 417. The van der Waals surface area contributed by atoms with Gasteiger partial charge in [0.25, 0.3) is 0 Å². The maximum absolute atomic E-state index is 12.4. The minimum Gasteiger partial charge on any atom is -0.377 e. The van der Waals surface area contributed by atoms with Crippen LogP contribution in [0, 0.1) is 0 Å². The van der Waals surface area contributed by atoms with E-state index in [1.165, 1.54) is 0 Å². The Labute approximate surface area is 126 Å². The molecule has 1 fully saturated rings. The quantitative estimate of drug-likeness (QED) is 0.930. The fourth-order valence-electron chi connectivity index (χ4n) is 2.61. The summed E-state index contributed by atoms with van der Waals surface area (Å²) in [5.74, 6) is 0.111. The molecular formula is C15H23ClN2O2. The number of nitrogens with zero attached hydrogens (tertiary/aromatic N) is 1. The largest absolute Gasteiger partial charge is 0.377 e. The Balaban J connectivity index is 0.00000200. The average molecular weight is 299 g/mol. The van der Waals surface area contributed by atoms with Gasteiger partial charge in [0.05, 0.1) is 25.3 Å². The highest BCUT2D eigenvalue weighted by Crippen LogP contribution is 2.19. The first-order valence-corrected chi connectivity index (χ1v) is 6.79. The monoisotopic (exact) mass is 298 g/mol. The Morgan fingerprint density at radius 2 is 1.85 bits per heavy atom. The molecule has 0 aromatic heterocycles. The molecule has 20 heavy (non-hydrogen) atoms. The van der Waals surface area contributed by atoms with E-state index in [9.17, 15) is 4.79 Å². The van der Waals surface area contributed by atoms with Crippen LogP contribution in [-0.2, 0) is 9.53 Å². The molecule has 1 saturated heterocycles. The standard InChI is InChI=1S/C15H22N2O2.ClH/c1-11-9-19-10-12(2)17(11)15(18)8-14(16)13-6-4-3-5-7-13;/h3-7,11-12,14H,8-10,16H2,1-2H3;1H. The van der Waals surface area contributed by atoms with E-state index >= 15 is 0 Å². The molecule has 1 aliphatic rings. The normalized spacial score (nSPS) is 23.9. The summed E-state index contributed by atoms with van der Waals surface area (Å²) < 4.78 is 5.44. The molecule has 0 saturated carbocycles. The molecule has 1 heterocycles. The number of hydrogen-bond donors (Lipinski definition) is 1. The summed E-state index contributed by atoms with van der Waals surface area (Å²) in [5.41, 5.74) is 7.12. The van der Waals surface area contributed by atoms with Gasteiger partial charge < -0.3 is 15.4 Å². The molecule has 1 amide bonds. The lowest BCUT2D eigenvalue weighted by Crippen LogP contribution is -2.52. The summed E-state index contributed by atoms with van der Waals surface area (Å²) in [7, 11) is 0. The van der Waals surface area contributed by atoms with E-state index in [2.05, 4.69) is 0 Å². The lowest BCUT2D eigenvalue weighted by molar-refractivity contribution is -0.144. The molecule has 4 nitrogen and oxygen atoms in total. The van der Waals surface area contributed by atoms with E-state index in [1.54, 1.807) is 0 Å². The predicted molar refractivity (Wildman–Crippen MR) is 81.8 cm³/mol. The van der Waals surface area contributed by atoms with Crippen LogP contribution in [0.2, 0.25) is 0 Å². The van der Waals surface area contributed by atoms with Crippen LogP contribution in [0.15, 0.2) is 30.3 Å². The van der Waals surface area contributed by atoms with Gasteiger partial charge >= 0.3 is 0 Å². The second-order valence-electron chi connectivity index (χ2n) is 5.26. The Hall–Kier alpha value is -1.10. The zero-order valence-electron chi connectivity index (χ0n) is 12.0. The summed E-state index contributed by atoms with van der Waals surface area (Å²) >= 11 is 0. The first-order valence-electron chi connectivity index (χ1n) is 6.79. The molecule has 2 N–H and O–H groups in total. The molecule has 3 atom stereocenters. The van der Waals surface area contributed by atoms with Gasteiger partial charge in [-0.2, -0.15) is 0 Å². The van der Waals surface area contributed by atoms with Gasteiger partial charge in [0.1, 0.15) is 0 Å². The predicted octanol–water partition coefficient (Wildman–Crippen LogP) is 2.13. The van der Waals surface area contributed by atoms with E-state index in [1.807, 2.05) is 49.1 Å². The summed E-state index contributed by atoms with van der Waals surface area (Å²) in [6, 6.07) is 9.77. The number of amides is 1. The summed E-state index contributed by atoms with van der Waals surface area (Å²) in [4.78, 5) is 14.3. The topological polar surface area (TPSA) is 55.6 Å². The zero-order chi connectivity index (χ0) is 13.8. The van der Waals surface area contributed by atoms with Crippen molar-refractivity contribution in [2.24, 2.45) is 5.73 Å². The SMILES string of the molecule is CC1COCC(C)N1C(=O)CC(N)c1ccccc1.Cl. The minimum atomic E-state index is -0.240. The smallest absolute Gasteiger partial charge is 0.225 e. The van der Waals surface area contributed by atoms with Gasteiger partial charge in [0.15, 0.2) is 0 Å². The van der Waals surface area contributed by atoms with Crippen molar-refractivity contribution in [2.75, 3.05) is 13.2 Å². The van der Waals surface area contributed by atoms with Crippen molar-refractivity contribution >= 4 is 18.3 Å². The average Bonchev–Trinajstić information content (AvgIpc) is 2.39. The number of carbonyl (C=O) groups excluding carboxylic acids is 1. The van der Waals surface area contributed by atoms with Gasteiger partial charge in [-0.3, -0.25) is 4.79 Å². The number of benzene rings is 1. The van der Waals surface area contributed by atoms with E-state index in [4.69, 9.17) is 10.5 Å². The molecular weight excluding hydrogens is 276 g/mol. The third-order valence-corrected chi connectivity index (χ3v) is 3.58. The molecule has 0 aliphatic carbocycles. The van der Waals surface area contributed by atoms with Crippen molar-refractivity contribution in [1.82, 2.24) is 4.90 Å². The molecule has 3 unspecified atom stereocenters. The fourth-order valence-corrected chi connectivity index (χ4v) is 2.61. The van der Waals surface area contributed by atoms with Crippen molar-refractivity contribution in [3.63, 3.8) is 0 Å². The van der Waals surface area contributed by atoms with Gasteiger partial charge in [0.2, 0.25) is 5.91 Å². The Morgan fingerprint density at radius 3 is 2.40 bits per heavy atom. The second kappa shape index (κ2) is 7.62. The first kappa shape index (κ1) is 17.0. The number of halogens is 1. The van der Waals surface area contributed by atoms with Crippen molar-refractivity contribution in [1.29, 1.82) is 0 Å². The van der Waals surface area contributed by atoms with Crippen LogP contribution in [0.1, 0.15) is 31.9 Å². The van der Waals surface area contributed by atoms with Gasteiger partial charge in [-0.25, -0.2) is 0 Å². The van der Waals surface area contributed by atoms with Crippen LogP contribution in [-0.4, -0.2) is 36.1 Å². The van der Waals surface area contributed by atoms with Crippen LogP contribution < -0.4 is 5.73 Å². The van der Waals surface area contributed by atoms with Crippen LogP contribution >= 0.6 is 12.4 Å². The summed E-state index contributed by atoms with van der Waals surface area (Å²) in [6.45, 7) is 5.25. The second-order valence-corrected chi connectivity index (χ2v) is 5.26. The van der Waals surface area contributed by atoms with Crippen LogP contribution in [0.4, 0.5) is 0 Å². The Kier molecular flexibility index (Phi) is 6.46. The van der Waals surface area contributed by atoms with E-state index in [0.29, 0.717) is 19.6 Å². The summed E-state index contributed by atoms with van der Waals surface area (Å²) in [5, 5.41) is 0. The third-order valence-electron chi connectivity index (χ3n) is 3.58. The molecule has 1 aromatic carbocycles. The Morgan fingerprint density at radius 1 is 1.30 bits per heavy atom. The highest BCUT2D eigenvalue weighted by Gasteiger charge is 2.30. The van der Waals surface area contributed by atoms with E-state index < -0.39 is 0 Å². The van der Waals surface area contributed by atoms with E-state index in [0.717, 1.165) is 5.56 Å². The first-order chi connectivity index (χ1) is 9.09. The van der Waals surface area contributed by atoms with Crippen molar-refractivity contribution in [3.8, 4) is 0 Å². The molecule has 0 radical (unpaired) electrons. The molecule has 0 bridgehead atoms. The van der Waals surface area contributed by atoms with Gasteiger partial charge in [-0.1, -0.05) is 30.3 Å². The van der Waals surface area contributed by atoms with Crippen molar-refractivity contribution in [3.05, 3.63) is 35.9 Å². The highest BCUT2D eigenvalue weighted by molar-refractivity contribution is 5.85. The fraction of sp³-hybridized carbons (Fsp3) is 0.533. The number of morpholine rings is 1. The summed E-state index contributed by atoms with van der Waals surface area (Å²) in [6.07, 6.45) is 0.346. The van der Waals surface area contributed by atoms with Crippen LogP contribution in [0.5, 0.6) is 0 Å². The zero-order valence-corrected chi connectivity index (χ0v) is 12.8. The molecule has 112 valence electrons. The van der Waals surface area contributed by atoms with Gasteiger partial charge in [0, 0.05) is 12.5 Å². The molecule has 0 spiro atoms. The molecule has 1 aromatic rings.